The molecular formula is C31H39NO. The van der Waals surface area contributed by atoms with Crippen molar-refractivity contribution in [2.24, 2.45) is 0 Å². The molecule has 2 nitrogen and oxygen atoms in total. The van der Waals surface area contributed by atoms with Crippen molar-refractivity contribution >= 4 is 22.2 Å². The Morgan fingerprint density at radius 3 is 2.39 bits per heavy atom. The van der Waals surface area contributed by atoms with Gasteiger partial charge in [-0.3, -0.25) is 0 Å². The Hall–Kier alpha value is -3.26. The number of benzene rings is 2. The second-order valence-corrected chi connectivity index (χ2v) is 7.69. The van der Waals surface area contributed by atoms with Crippen LogP contribution in [0.3, 0.4) is 0 Å². The molecule has 33 heavy (non-hydrogen) atoms. The lowest BCUT2D eigenvalue weighted by atomic mass is 9.99. The lowest BCUT2D eigenvalue weighted by molar-refractivity contribution is 0.577. The van der Waals surface area contributed by atoms with Gasteiger partial charge in [-0.15, -0.1) is 0 Å². The molecule has 0 saturated carbocycles. The quantitative estimate of drug-likeness (QED) is 0.335. The standard InChI is InChI=1S/C29H33NO.C2H6/c1-6-13-24-15-9-10-16-25(24)27(14-7-2)30-21(4)19-20-23(8-3)29-22(5)31-28-18-12-11-17-26(28)29;1-2/h8-12,14-20,30H,4,6-7,13H2,1-3,5H3;1-2H3/b20-19-,23-8+,27-14-;. The number of hydrogen-bond acceptors (Lipinski definition) is 2. The highest BCUT2D eigenvalue weighted by molar-refractivity contribution is 5.95. The molecular weight excluding hydrogens is 402 g/mol. The SMILES string of the molecule is C=C(/C=C\C(=C/C)c1c(C)oc2ccccc12)N/C(=C\CC)c1ccccc1CCC.CC. The molecule has 0 aliphatic rings. The molecule has 2 heteroatoms. The average molecular weight is 442 g/mol. The summed E-state index contributed by atoms with van der Waals surface area (Å²) in [6.45, 7) is 16.7. The minimum absolute atomic E-state index is 0.857. The number of aryl methyl sites for hydroxylation is 2. The minimum Gasteiger partial charge on any atom is -0.461 e. The van der Waals surface area contributed by atoms with Crippen LogP contribution in [0.4, 0.5) is 0 Å². The zero-order valence-corrected chi connectivity index (χ0v) is 21.2. The number of hydrogen-bond donors (Lipinski definition) is 1. The molecule has 1 aromatic heterocycles. The second kappa shape index (κ2) is 13.3. The van der Waals surface area contributed by atoms with E-state index >= 15 is 0 Å². The van der Waals surface area contributed by atoms with Gasteiger partial charge in [-0.05, 0) is 50.0 Å². The predicted molar refractivity (Wildman–Crippen MR) is 146 cm³/mol. The molecule has 174 valence electrons. The van der Waals surface area contributed by atoms with Crippen LogP contribution in [0.2, 0.25) is 0 Å². The Bertz CT molecular complexity index is 1140. The number of fused-ring (bicyclic) bond motifs is 1. The summed E-state index contributed by atoms with van der Waals surface area (Å²) in [5, 5.41) is 4.67. The smallest absolute Gasteiger partial charge is 0.134 e. The lowest BCUT2D eigenvalue weighted by Crippen LogP contribution is -2.11. The highest BCUT2D eigenvalue weighted by Gasteiger charge is 2.13. The van der Waals surface area contributed by atoms with Crippen LogP contribution in [0.1, 0.15) is 69.9 Å². The van der Waals surface area contributed by atoms with Crippen LogP contribution in [-0.4, -0.2) is 0 Å². The van der Waals surface area contributed by atoms with E-state index in [4.69, 9.17) is 4.42 Å². The van der Waals surface area contributed by atoms with E-state index in [0.29, 0.717) is 0 Å². The Morgan fingerprint density at radius 2 is 1.70 bits per heavy atom. The van der Waals surface area contributed by atoms with Crippen molar-refractivity contribution in [3.05, 3.63) is 108 Å². The summed E-state index contributed by atoms with van der Waals surface area (Å²) in [7, 11) is 0. The van der Waals surface area contributed by atoms with E-state index in [0.717, 1.165) is 58.5 Å². The van der Waals surface area contributed by atoms with Gasteiger partial charge >= 0.3 is 0 Å². The molecule has 0 aliphatic carbocycles. The number of para-hydroxylation sites is 1. The third kappa shape index (κ3) is 6.61. The fraction of sp³-hybridized carbons (Fsp3) is 0.290. The van der Waals surface area contributed by atoms with E-state index in [1.54, 1.807) is 0 Å². The Labute approximate surface area is 200 Å². The van der Waals surface area contributed by atoms with Gasteiger partial charge in [0.05, 0.1) is 0 Å². The summed E-state index contributed by atoms with van der Waals surface area (Å²) >= 11 is 0. The summed E-state index contributed by atoms with van der Waals surface area (Å²) in [4.78, 5) is 0. The van der Waals surface area contributed by atoms with Crippen LogP contribution in [0, 0.1) is 6.92 Å². The number of furan rings is 1. The molecule has 1 N–H and O–H groups in total. The van der Waals surface area contributed by atoms with Crippen LogP contribution in [0.25, 0.3) is 22.2 Å². The van der Waals surface area contributed by atoms with E-state index in [2.05, 4.69) is 81.2 Å². The van der Waals surface area contributed by atoms with E-state index < -0.39 is 0 Å². The topological polar surface area (TPSA) is 25.2 Å². The average Bonchev–Trinajstić information content (AvgIpc) is 3.17. The van der Waals surface area contributed by atoms with Crippen LogP contribution >= 0.6 is 0 Å². The number of allylic oxidation sites excluding steroid dienone is 5. The van der Waals surface area contributed by atoms with E-state index in [9.17, 15) is 0 Å². The first-order valence-electron chi connectivity index (χ1n) is 12.2. The fourth-order valence-corrected chi connectivity index (χ4v) is 3.96. The molecule has 1 heterocycles. The first kappa shape index (κ1) is 26.0. The van der Waals surface area contributed by atoms with Gasteiger partial charge < -0.3 is 9.73 Å². The van der Waals surface area contributed by atoms with Crippen LogP contribution in [0.5, 0.6) is 0 Å². The molecule has 0 atom stereocenters. The van der Waals surface area contributed by atoms with Crippen molar-refractivity contribution in [2.45, 2.75) is 60.8 Å². The van der Waals surface area contributed by atoms with Gasteiger partial charge in [0.25, 0.3) is 0 Å². The highest BCUT2D eigenvalue weighted by atomic mass is 16.3. The fourth-order valence-electron chi connectivity index (χ4n) is 3.96. The van der Waals surface area contributed by atoms with Gasteiger partial charge in [0.1, 0.15) is 11.3 Å². The summed E-state index contributed by atoms with van der Waals surface area (Å²) < 4.78 is 5.96. The van der Waals surface area contributed by atoms with E-state index in [1.165, 1.54) is 11.1 Å². The summed E-state index contributed by atoms with van der Waals surface area (Å²) in [6, 6.07) is 16.8. The Morgan fingerprint density at radius 1 is 1.00 bits per heavy atom. The molecule has 0 unspecified atom stereocenters. The van der Waals surface area contributed by atoms with Crippen LogP contribution in [-0.2, 0) is 6.42 Å². The molecule has 0 spiro atoms. The molecule has 0 radical (unpaired) electrons. The third-order valence-electron chi connectivity index (χ3n) is 5.37. The minimum atomic E-state index is 0.857. The van der Waals surface area contributed by atoms with Crippen molar-refractivity contribution in [1.29, 1.82) is 0 Å². The first-order valence-corrected chi connectivity index (χ1v) is 12.2. The molecule has 3 rings (SSSR count). The van der Waals surface area contributed by atoms with Crippen molar-refractivity contribution in [1.82, 2.24) is 5.32 Å². The van der Waals surface area contributed by atoms with Gasteiger partial charge in [0.15, 0.2) is 0 Å². The van der Waals surface area contributed by atoms with Gasteiger partial charge in [0, 0.05) is 27.9 Å². The largest absolute Gasteiger partial charge is 0.461 e. The van der Waals surface area contributed by atoms with Crippen molar-refractivity contribution in [2.75, 3.05) is 0 Å². The van der Waals surface area contributed by atoms with Crippen molar-refractivity contribution in [3.8, 4) is 0 Å². The second-order valence-electron chi connectivity index (χ2n) is 7.69. The molecule has 0 fully saturated rings. The third-order valence-corrected chi connectivity index (χ3v) is 5.37. The molecule has 2 aromatic carbocycles. The van der Waals surface area contributed by atoms with E-state index in [-0.39, 0.29) is 0 Å². The Balaban J connectivity index is 0.00000187. The predicted octanol–water partition coefficient (Wildman–Crippen LogP) is 9.23. The van der Waals surface area contributed by atoms with Crippen molar-refractivity contribution < 1.29 is 4.42 Å². The maximum absolute atomic E-state index is 5.96. The van der Waals surface area contributed by atoms with Gasteiger partial charge in [0.2, 0.25) is 0 Å². The van der Waals surface area contributed by atoms with Gasteiger partial charge in [-0.2, -0.15) is 0 Å². The number of nitrogens with one attached hydrogen (secondary N) is 1. The molecule has 0 bridgehead atoms. The lowest BCUT2D eigenvalue weighted by Gasteiger charge is -2.15. The monoisotopic (exact) mass is 441 g/mol. The summed E-state index contributed by atoms with van der Waals surface area (Å²) in [5.74, 6) is 0.928. The first-order chi connectivity index (χ1) is 16.1. The zero-order valence-electron chi connectivity index (χ0n) is 21.2. The Kier molecular flexibility index (Phi) is 10.5. The molecule has 0 saturated heterocycles. The summed E-state index contributed by atoms with van der Waals surface area (Å²) in [6.07, 6.45) is 11.7. The number of rotatable bonds is 9. The van der Waals surface area contributed by atoms with E-state index in [1.807, 2.05) is 45.0 Å². The molecule has 0 aliphatic heterocycles. The van der Waals surface area contributed by atoms with Gasteiger partial charge in [-0.1, -0.05) is 101 Å². The molecule has 0 amide bonds. The summed E-state index contributed by atoms with van der Waals surface area (Å²) in [5.41, 5.74) is 7.77. The van der Waals surface area contributed by atoms with Gasteiger partial charge in [-0.25, -0.2) is 0 Å². The maximum Gasteiger partial charge on any atom is 0.134 e. The highest BCUT2D eigenvalue weighted by Crippen LogP contribution is 2.32. The molecule has 3 aromatic rings. The van der Waals surface area contributed by atoms with Crippen molar-refractivity contribution in [3.63, 3.8) is 0 Å². The van der Waals surface area contributed by atoms with Crippen LogP contribution < -0.4 is 5.32 Å². The van der Waals surface area contributed by atoms with Crippen LogP contribution in [0.15, 0.2) is 89.5 Å². The maximum atomic E-state index is 5.96. The zero-order chi connectivity index (χ0) is 24.2. The normalized spacial score (nSPS) is 12.1.